The van der Waals surface area contributed by atoms with Gasteiger partial charge in [0.15, 0.2) is 0 Å². The number of fused-ring (bicyclic) bond motifs is 1. The molecule has 0 aliphatic carbocycles. The molecule has 3 nitrogen and oxygen atoms in total. The first-order valence-electron chi connectivity index (χ1n) is 5.21. The summed E-state index contributed by atoms with van der Waals surface area (Å²) < 4.78 is 2.72. The molecule has 0 bridgehead atoms. The number of rotatable bonds is 1. The van der Waals surface area contributed by atoms with E-state index in [0.717, 1.165) is 14.8 Å². The fourth-order valence-corrected chi connectivity index (χ4v) is 2.19. The van der Waals surface area contributed by atoms with E-state index in [1.807, 2.05) is 48.5 Å². The quantitative estimate of drug-likeness (QED) is 0.682. The molecule has 0 saturated heterocycles. The van der Waals surface area contributed by atoms with Gasteiger partial charge in [0.05, 0.1) is 16.6 Å². The molecule has 0 aliphatic rings. The van der Waals surface area contributed by atoms with Gasteiger partial charge in [-0.25, -0.2) is 4.68 Å². The normalized spacial score (nSPS) is 10.9. The summed E-state index contributed by atoms with van der Waals surface area (Å²) in [4.78, 5) is 12.1. The molecule has 2 aromatic carbocycles. The van der Waals surface area contributed by atoms with Gasteiger partial charge in [0.25, 0.3) is 5.56 Å². The lowest BCUT2D eigenvalue weighted by molar-refractivity contribution is 0.863. The third-order valence-electron chi connectivity index (χ3n) is 2.68. The monoisotopic (exact) mass is 336 g/mol. The van der Waals surface area contributed by atoms with Gasteiger partial charge in [-0.3, -0.25) is 9.89 Å². The van der Waals surface area contributed by atoms with Crippen LogP contribution in [-0.2, 0) is 0 Å². The molecular weight excluding hydrogens is 327 g/mol. The molecule has 4 heteroatoms. The fraction of sp³-hybridized carbons (Fsp3) is 0. The lowest BCUT2D eigenvalue weighted by Crippen LogP contribution is -2.13. The molecule has 1 heterocycles. The van der Waals surface area contributed by atoms with Crippen molar-refractivity contribution in [1.82, 2.24) is 9.78 Å². The highest BCUT2D eigenvalue weighted by atomic mass is 127. The summed E-state index contributed by atoms with van der Waals surface area (Å²) in [5, 5.41) is 3.82. The van der Waals surface area contributed by atoms with Crippen LogP contribution in [0, 0.1) is 3.57 Å². The predicted molar refractivity (Wildman–Crippen MR) is 76.6 cm³/mol. The van der Waals surface area contributed by atoms with Gasteiger partial charge in [0, 0.05) is 3.57 Å². The smallest absolute Gasteiger partial charge is 0.279 e. The minimum Gasteiger partial charge on any atom is -0.290 e. The number of H-pyrrole nitrogens is 1. The highest BCUT2D eigenvalue weighted by molar-refractivity contribution is 14.1. The van der Waals surface area contributed by atoms with E-state index >= 15 is 0 Å². The Morgan fingerprint density at radius 2 is 1.71 bits per heavy atom. The molecule has 0 radical (unpaired) electrons. The summed E-state index contributed by atoms with van der Waals surface area (Å²) >= 11 is 2.24. The van der Waals surface area contributed by atoms with Crippen LogP contribution in [-0.4, -0.2) is 9.78 Å². The molecule has 1 aromatic heterocycles. The van der Waals surface area contributed by atoms with Crippen molar-refractivity contribution in [2.24, 2.45) is 0 Å². The number of nitrogens with zero attached hydrogens (tertiary/aromatic N) is 1. The van der Waals surface area contributed by atoms with Crippen LogP contribution in [0.25, 0.3) is 16.6 Å². The maximum Gasteiger partial charge on any atom is 0.279 e. The Hall–Kier alpha value is -1.56. The number of nitrogens with one attached hydrogen (secondary N) is 1. The van der Waals surface area contributed by atoms with Gasteiger partial charge < -0.3 is 0 Å². The van der Waals surface area contributed by atoms with E-state index in [-0.39, 0.29) is 5.56 Å². The molecule has 0 saturated carbocycles. The van der Waals surface area contributed by atoms with Gasteiger partial charge in [-0.2, -0.15) is 0 Å². The maximum atomic E-state index is 12.1. The number of aromatic amines is 1. The van der Waals surface area contributed by atoms with Crippen LogP contribution in [0.2, 0.25) is 0 Å². The molecule has 0 spiro atoms. The maximum absolute atomic E-state index is 12.1. The highest BCUT2D eigenvalue weighted by Gasteiger charge is 2.06. The van der Waals surface area contributed by atoms with Crippen LogP contribution in [0.1, 0.15) is 0 Å². The molecule has 3 aromatic rings. The Kier molecular flexibility index (Phi) is 2.51. The van der Waals surface area contributed by atoms with Crippen molar-refractivity contribution in [3.63, 3.8) is 0 Å². The van der Waals surface area contributed by atoms with Crippen molar-refractivity contribution >= 4 is 33.5 Å². The van der Waals surface area contributed by atoms with Gasteiger partial charge in [-0.15, -0.1) is 0 Å². The zero-order valence-electron chi connectivity index (χ0n) is 8.85. The first-order chi connectivity index (χ1) is 8.25. The minimum absolute atomic E-state index is 0.0122. The number of hydrogen-bond donors (Lipinski definition) is 1. The van der Waals surface area contributed by atoms with Crippen molar-refractivity contribution in [2.45, 2.75) is 0 Å². The molecule has 0 fully saturated rings. The molecule has 17 heavy (non-hydrogen) atoms. The molecule has 1 N–H and O–H groups in total. The van der Waals surface area contributed by atoms with Gasteiger partial charge in [-0.1, -0.05) is 12.1 Å². The van der Waals surface area contributed by atoms with Crippen LogP contribution < -0.4 is 5.56 Å². The summed E-state index contributed by atoms with van der Waals surface area (Å²) in [6.45, 7) is 0. The molecule has 0 aliphatic heterocycles. The lowest BCUT2D eigenvalue weighted by atomic mass is 10.2. The van der Waals surface area contributed by atoms with E-state index in [1.165, 1.54) is 0 Å². The summed E-state index contributed by atoms with van der Waals surface area (Å²) in [6, 6.07) is 15.3. The summed E-state index contributed by atoms with van der Waals surface area (Å²) in [6.07, 6.45) is 0. The Labute approximate surface area is 111 Å². The van der Waals surface area contributed by atoms with Crippen molar-refractivity contribution in [3.8, 4) is 5.69 Å². The van der Waals surface area contributed by atoms with Crippen molar-refractivity contribution in [3.05, 3.63) is 62.5 Å². The van der Waals surface area contributed by atoms with E-state index in [2.05, 4.69) is 27.7 Å². The van der Waals surface area contributed by atoms with E-state index in [4.69, 9.17) is 0 Å². The number of halogens is 1. The Morgan fingerprint density at radius 1 is 1.00 bits per heavy atom. The van der Waals surface area contributed by atoms with E-state index in [0.29, 0.717) is 5.39 Å². The molecule has 0 unspecified atom stereocenters. The second-order valence-corrected chi connectivity index (χ2v) is 5.02. The minimum atomic E-state index is -0.0122. The number of hydrogen-bond acceptors (Lipinski definition) is 1. The predicted octanol–water partition coefficient (Wildman–Crippen LogP) is 2.92. The topological polar surface area (TPSA) is 37.8 Å². The second-order valence-electron chi connectivity index (χ2n) is 3.77. The Balaban J connectivity index is 2.27. The summed E-state index contributed by atoms with van der Waals surface area (Å²) in [5.41, 5.74) is 1.70. The third kappa shape index (κ3) is 1.78. The molecule has 84 valence electrons. The van der Waals surface area contributed by atoms with Gasteiger partial charge in [0.1, 0.15) is 0 Å². The number of para-hydroxylation sites is 1. The largest absolute Gasteiger partial charge is 0.290 e. The Bertz CT molecular complexity index is 725. The molecule has 0 atom stereocenters. The number of benzene rings is 2. The van der Waals surface area contributed by atoms with Crippen molar-refractivity contribution in [2.75, 3.05) is 0 Å². The van der Waals surface area contributed by atoms with Gasteiger partial charge in [-0.05, 0) is 59.0 Å². The van der Waals surface area contributed by atoms with Gasteiger partial charge >= 0.3 is 0 Å². The first-order valence-corrected chi connectivity index (χ1v) is 6.29. The van der Waals surface area contributed by atoms with Crippen LogP contribution >= 0.6 is 22.6 Å². The highest BCUT2D eigenvalue weighted by Crippen LogP contribution is 2.12. The fourth-order valence-electron chi connectivity index (χ4n) is 1.83. The van der Waals surface area contributed by atoms with Gasteiger partial charge in [0.2, 0.25) is 0 Å². The zero-order valence-corrected chi connectivity index (χ0v) is 11.0. The second kappa shape index (κ2) is 4.03. The van der Waals surface area contributed by atoms with Crippen molar-refractivity contribution < 1.29 is 0 Å². The summed E-state index contributed by atoms with van der Waals surface area (Å²) in [7, 11) is 0. The molecular formula is C13H9IN2O. The lowest BCUT2D eigenvalue weighted by Gasteiger charge is -2.00. The Morgan fingerprint density at radius 3 is 2.41 bits per heavy atom. The van der Waals surface area contributed by atoms with Crippen LogP contribution in [0.3, 0.4) is 0 Å². The van der Waals surface area contributed by atoms with Crippen LogP contribution in [0.5, 0.6) is 0 Å². The molecule has 0 amide bonds. The standard InChI is InChI=1S/C13H9IN2O/c14-9-5-7-10(8-6-9)16-13(17)11-3-1-2-4-12(11)15-16/h1-8,15H. The average Bonchev–Trinajstić information content (AvgIpc) is 2.69. The average molecular weight is 336 g/mol. The van der Waals surface area contributed by atoms with Crippen molar-refractivity contribution in [1.29, 1.82) is 0 Å². The number of aromatic nitrogens is 2. The van der Waals surface area contributed by atoms with Crippen LogP contribution in [0.4, 0.5) is 0 Å². The molecule has 3 rings (SSSR count). The first kappa shape index (κ1) is 10.6. The third-order valence-corrected chi connectivity index (χ3v) is 3.40. The van der Waals surface area contributed by atoms with E-state index in [9.17, 15) is 4.79 Å². The summed E-state index contributed by atoms with van der Waals surface area (Å²) in [5.74, 6) is 0. The van der Waals surface area contributed by atoms with Crippen LogP contribution in [0.15, 0.2) is 53.3 Å². The van der Waals surface area contributed by atoms with E-state index in [1.54, 1.807) is 4.68 Å². The zero-order chi connectivity index (χ0) is 11.8. The SMILES string of the molecule is O=c1c2ccccc2[nH]n1-c1ccc(I)cc1. The van der Waals surface area contributed by atoms with E-state index < -0.39 is 0 Å².